The van der Waals surface area contributed by atoms with E-state index in [9.17, 15) is 9.90 Å². The molecule has 1 N–H and O–H groups in total. The molecule has 2 atom stereocenters. The number of aliphatic hydroxyl groups is 1. The van der Waals surface area contributed by atoms with Gasteiger partial charge in [-0.05, 0) is 32.9 Å². The van der Waals surface area contributed by atoms with Gasteiger partial charge in [-0.2, -0.15) is 0 Å². The van der Waals surface area contributed by atoms with Crippen molar-refractivity contribution in [1.82, 2.24) is 4.90 Å². The van der Waals surface area contributed by atoms with Crippen molar-refractivity contribution < 1.29 is 19.1 Å². The SMILES string of the molecule is CC(C)(C)OC(=O)N1CC(O)C(c2ccco2)C1. The maximum atomic E-state index is 11.9. The first-order valence-electron chi connectivity index (χ1n) is 6.06. The highest BCUT2D eigenvalue weighted by Crippen LogP contribution is 2.28. The first kappa shape index (κ1) is 13.0. The number of aliphatic hydroxyl groups excluding tert-OH is 1. The highest BCUT2D eigenvalue weighted by molar-refractivity contribution is 5.68. The molecule has 1 amide bonds. The smallest absolute Gasteiger partial charge is 0.410 e. The van der Waals surface area contributed by atoms with Gasteiger partial charge in [0, 0.05) is 6.54 Å². The van der Waals surface area contributed by atoms with Crippen LogP contribution in [0.1, 0.15) is 32.4 Å². The van der Waals surface area contributed by atoms with Crippen LogP contribution in [-0.2, 0) is 4.74 Å². The van der Waals surface area contributed by atoms with E-state index >= 15 is 0 Å². The second-order valence-electron chi connectivity index (χ2n) is 5.57. The normalized spacial score (nSPS) is 24.3. The Morgan fingerprint density at radius 1 is 1.50 bits per heavy atom. The van der Waals surface area contributed by atoms with Crippen LogP contribution in [0.4, 0.5) is 4.79 Å². The van der Waals surface area contributed by atoms with Crippen LogP contribution < -0.4 is 0 Å². The number of rotatable bonds is 1. The van der Waals surface area contributed by atoms with Gasteiger partial charge < -0.3 is 19.2 Å². The highest BCUT2D eigenvalue weighted by Gasteiger charge is 2.38. The van der Waals surface area contributed by atoms with E-state index in [1.54, 1.807) is 12.3 Å². The maximum Gasteiger partial charge on any atom is 0.410 e. The van der Waals surface area contributed by atoms with Crippen LogP contribution >= 0.6 is 0 Å². The summed E-state index contributed by atoms with van der Waals surface area (Å²) >= 11 is 0. The molecule has 1 saturated heterocycles. The number of likely N-dealkylation sites (tertiary alicyclic amines) is 1. The van der Waals surface area contributed by atoms with Crippen LogP contribution in [0.5, 0.6) is 0 Å². The molecule has 0 bridgehead atoms. The molecule has 0 spiro atoms. The summed E-state index contributed by atoms with van der Waals surface area (Å²) in [5.41, 5.74) is -0.523. The van der Waals surface area contributed by atoms with Crippen molar-refractivity contribution in [2.45, 2.75) is 38.4 Å². The lowest BCUT2D eigenvalue weighted by Gasteiger charge is -2.24. The molecule has 1 aliphatic rings. The molecule has 0 saturated carbocycles. The first-order valence-corrected chi connectivity index (χ1v) is 6.06. The highest BCUT2D eigenvalue weighted by atomic mass is 16.6. The van der Waals surface area contributed by atoms with Gasteiger partial charge in [0.2, 0.25) is 0 Å². The molecule has 0 radical (unpaired) electrons. The topological polar surface area (TPSA) is 62.9 Å². The van der Waals surface area contributed by atoms with Gasteiger partial charge in [-0.1, -0.05) is 0 Å². The van der Waals surface area contributed by atoms with Crippen LogP contribution in [0.3, 0.4) is 0 Å². The average molecular weight is 253 g/mol. The zero-order valence-corrected chi connectivity index (χ0v) is 10.9. The molecule has 1 aliphatic heterocycles. The molecule has 2 rings (SSSR count). The summed E-state index contributed by atoms with van der Waals surface area (Å²) in [7, 11) is 0. The van der Waals surface area contributed by atoms with E-state index in [0.29, 0.717) is 12.3 Å². The summed E-state index contributed by atoms with van der Waals surface area (Å²) in [5.74, 6) is 0.529. The molecule has 5 heteroatoms. The number of furan rings is 1. The molecule has 2 unspecified atom stereocenters. The Kier molecular flexibility index (Phi) is 3.34. The van der Waals surface area contributed by atoms with Gasteiger partial charge >= 0.3 is 6.09 Å². The van der Waals surface area contributed by atoms with Gasteiger partial charge in [-0.15, -0.1) is 0 Å². The molecule has 0 aromatic carbocycles. The zero-order chi connectivity index (χ0) is 13.3. The lowest BCUT2D eigenvalue weighted by Crippen LogP contribution is -2.35. The fourth-order valence-electron chi connectivity index (χ4n) is 2.04. The summed E-state index contributed by atoms with van der Waals surface area (Å²) in [5, 5.41) is 9.97. The number of amides is 1. The maximum absolute atomic E-state index is 11.9. The van der Waals surface area contributed by atoms with Gasteiger partial charge in [0.05, 0.1) is 24.8 Å². The van der Waals surface area contributed by atoms with Crippen molar-refractivity contribution in [3.8, 4) is 0 Å². The van der Waals surface area contributed by atoms with Gasteiger partial charge in [0.15, 0.2) is 0 Å². The second kappa shape index (κ2) is 4.65. The number of ether oxygens (including phenoxy) is 1. The largest absolute Gasteiger partial charge is 0.469 e. The minimum absolute atomic E-state index is 0.174. The van der Waals surface area contributed by atoms with Crippen LogP contribution in [0.15, 0.2) is 22.8 Å². The Hall–Kier alpha value is -1.49. The summed E-state index contributed by atoms with van der Waals surface area (Å²) < 4.78 is 10.6. The third-order valence-corrected chi connectivity index (χ3v) is 2.85. The Labute approximate surface area is 106 Å². The van der Waals surface area contributed by atoms with E-state index in [0.717, 1.165) is 0 Å². The Bertz CT molecular complexity index is 407. The Balaban J connectivity index is 2.00. The van der Waals surface area contributed by atoms with Gasteiger partial charge in [-0.25, -0.2) is 4.79 Å². The molecular weight excluding hydrogens is 234 g/mol. The average Bonchev–Trinajstić information content (AvgIpc) is 2.82. The molecule has 5 nitrogen and oxygen atoms in total. The van der Waals surface area contributed by atoms with Gasteiger partial charge in [-0.3, -0.25) is 0 Å². The molecule has 1 fully saturated rings. The molecule has 100 valence electrons. The van der Waals surface area contributed by atoms with Crippen molar-refractivity contribution in [3.05, 3.63) is 24.2 Å². The molecule has 1 aromatic rings. The molecule has 1 aromatic heterocycles. The predicted octanol–water partition coefficient (Wildman–Crippen LogP) is 1.97. The number of nitrogens with zero attached hydrogens (tertiary/aromatic N) is 1. The lowest BCUT2D eigenvalue weighted by atomic mass is 10.0. The summed E-state index contributed by atoms with van der Waals surface area (Å²) in [4.78, 5) is 13.4. The second-order valence-corrected chi connectivity index (χ2v) is 5.57. The molecular formula is C13H19NO4. The van der Waals surface area contributed by atoms with E-state index < -0.39 is 17.8 Å². The van der Waals surface area contributed by atoms with Gasteiger partial charge in [0.1, 0.15) is 11.4 Å². The quantitative estimate of drug-likeness (QED) is 0.831. The summed E-state index contributed by atoms with van der Waals surface area (Å²) in [6.45, 7) is 6.16. The minimum Gasteiger partial charge on any atom is -0.469 e. The van der Waals surface area contributed by atoms with E-state index in [1.165, 1.54) is 4.90 Å². The molecule has 2 heterocycles. The molecule has 18 heavy (non-hydrogen) atoms. The van der Waals surface area contributed by atoms with Crippen LogP contribution in [0.2, 0.25) is 0 Å². The Morgan fingerprint density at radius 2 is 2.22 bits per heavy atom. The van der Waals surface area contributed by atoms with Gasteiger partial charge in [0.25, 0.3) is 0 Å². The number of carbonyl (C=O) groups is 1. The fraction of sp³-hybridized carbons (Fsp3) is 0.615. The van der Waals surface area contributed by atoms with E-state index in [-0.39, 0.29) is 12.5 Å². The standard InChI is InChI=1S/C13H19NO4/c1-13(2,3)18-12(16)14-7-9(10(15)8-14)11-5-4-6-17-11/h4-6,9-10,15H,7-8H2,1-3H3. The van der Waals surface area contributed by atoms with Crippen molar-refractivity contribution >= 4 is 6.09 Å². The van der Waals surface area contributed by atoms with Crippen molar-refractivity contribution in [2.75, 3.05) is 13.1 Å². The van der Waals surface area contributed by atoms with E-state index in [4.69, 9.17) is 9.15 Å². The summed E-state index contributed by atoms with van der Waals surface area (Å²) in [6.07, 6.45) is 0.567. The van der Waals surface area contributed by atoms with Crippen molar-refractivity contribution in [3.63, 3.8) is 0 Å². The number of hydrogen-bond donors (Lipinski definition) is 1. The lowest BCUT2D eigenvalue weighted by molar-refractivity contribution is 0.0270. The predicted molar refractivity (Wildman–Crippen MR) is 65.3 cm³/mol. The van der Waals surface area contributed by atoms with Crippen LogP contribution in [0.25, 0.3) is 0 Å². The Morgan fingerprint density at radius 3 is 2.78 bits per heavy atom. The zero-order valence-electron chi connectivity index (χ0n) is 10.9. The summed E-state index contributed by atoms with van der Waals surface area (Å²) in [6, 6.07) is 3.59. The fourth-order valence-corrected chi connectivity index (χ4v) is 2.04. The third kappa shape index (κ3) is 2.85. The number of carbonyl (C=O) groups excluding carboxylic acids is 1. The minimum atomic E-state index is -0.608. The number of β-amino-alcohol motifs (C(OH)–C–C–N with tert-alkyl or cyclic N) is 1. The third-order valence-electron chi connectivity index (χ3n) is 2.85. The van der Waals surface area contributed by atoms with Crippen molar-refractivity contribution in [2.24, 2.45) is 0 Å². The van der Waals surface area contributed by atoms with E-state index in [1.807, 2.05) is 26.8 Å². The first-order chi connectivity index (χ1) is 8.37. The monoisotopic (exact) mass is 253 g/mol. The van der Waals surface area contributed by atoms with Crippen LogP contribution in [-0.4, -0.2) is 40.9 Å². The van der Waals surface area contributed by atoms with Crippen LogP contribution in [0, 0.1) is 0 Å². The van der Waals surface area contributed by atoms with Crippen molar-refractivity contribution in [1.29, 1.82) is 0 Å². The van der Waals surface area contributed by atoms with E-state index in [2.05, 4.69) is 0 Å². The molecule has 0 aliphatic carbocycles. The number of hydrogen-bond acceptors (Lipinski definition) is 4.